The molecule has 0 spiro atoms. The van der Waals surface area contributed by atoms with E-state index in [1.807, 2.05) is 6.07 Å². The summed E-state index contributed by atoms with van der Waals surface area (Å²) in [4.78, 5) is 13.4. The highest BCUT2D eigenvalue weighted by Crippen LogP contribution is 2.32. The summed E-state index contributed by atoms with van der Waals surface area (Å²) in [6.07, 6.45) is 0.397. The molecule has 2 rings (SSSR count). The van der Waals surface area contributed by atoms with Crippen molar-refractivity contribution >= 4 is 11.6 Å². The summed E-state index contributed by atoms with van der Waals surface area (Å²) in [7, 11) is 3.15. The van der Waals surface area contributed by atoms with E-state index in [1.54, 1.807) is 31.3 Å². The third kappa shape index (κ3) is 2.19. The monoisotopic (exact) mass is 236 g/mol. The second-order valence-electron chi connectivity index (χ2n) is 4.01. The van der Waals surface area contributed by atoms with Crippen LogP contribution in [-0.4, -0.2) is 32.7 Å². The van der Waals surface area contributed by atoms with Gasteiger partial charge in [-0.25, -0.2) is 0 Å². The summed E-state index contributed by atoms with van der Waals surface area (Å²) < 4.78 is 10.4. The topological polar surface area (TPSA) is 64.8 Å². The maximum Gasteiger partial charge on any atom is 0.228 e. The molecule has 1 atom stereocenters. The zero-order valence-electron chi connectivity index (χ0n) is 9.97. The van der Waals surface area contributed by atoms with Gasteiger partial charge in [-0.05, 0) is 12.1 Å². The third-order valence-electron chi connectivity index (χ3n) is 2.83. The van der Waals surface area contributed by atoms with Crippen molar-refractivity contribution in [2.75, 3.05) is 25.7 Å². The van der Waals surface area contributed by atoms with Crippen LogP contribution >= 0.6 is 0 Å². The smallest absolute Gasteiger partial charge is 0.228 e. The van der Waals surface area contributed by atoms with E-state index in [0.717, 1.165) is 5.69 Å². The molecular weight excluding hydrogens is 220 g/mol. The largest absolute Gasteiger partial charge is 0.493 e. The fourth-order valence-corrected chi connectivity index (χ4v) is 1.98. The van der Waals surface area contributed by atoms with Crippen molar-refractivity contribution in [3.8, 4) is 11.5 Å². The van der Waals surface area contributed by atoms with Gasteiger partial charge in [0.2, 0.25) is 5.91 Å². The number of anilines is 1. The number of hydrogen-bond acceptors (Lipinski definition) is 4. The molecule has 0 radical (unpaired) electrons. The van der Waals surface area contributed by atoms with Crippen LogP contribution in [0.25, 0.3) is 0 Å². The van der Waals surface area contributed by atoms with Gasteiger partial charge in [-0.1, -0.05) is 0 Å². The zero-order valence-corrected chi connectivity index (χ0v) is 9.97. The lowest BCUT2D eigenvalue weighted by Gasteiger charge is -2.18. The first kappa shape index (κ1) is 11.7. The van der Waals surface area contributed by atoms with Gasteiger partial charge in [0, 0.05) is 30.8 Å². The number of ether oxygens (including phenoxy) is 2. The average Bonchev–Trinajstić information content (AvgIpc) is 2.67. The van der Waals surface area contributed by atoms with Crippen LogP contribution in [0.2, 0.25) is 0 Å². The predicted octanol–water partition coefficient (Wildman–Crippen LogP) is 0.768. The Kier molecular flexibility index (Phi) is 3.19. The number of carbonyl (C=O) groups is 1. The maximum atomic E-state index is 11.7. The normalized spacial score (nSPS) is 19.6. The molecule has 5 nitrogen and oxygen atoms in total. The first-order valence-electron chi connectivity index (χ1n) is 5.43. The average molecular weight is 236 g/mol. The third-order valence-corrected chi connectivity index (χ3v) is 2.83. The highest BCUT2D eigenvalue weighted by atomic mass is 16.5. The number of nitrogens with two attached hydrogens (primary N) is 1. The summed E-state index contributed by atoms with van der Waals surface area (Å²) in [6.45, 7) is 0.550. The first-order chi connectivity index (χ1) is 8.15. The van der Waals surface area contributed by atoms with Crippen molar-refractivity contribution in [1.82, 2.24) is 0 Å². The second kappa shape index (κ2) is 4.63. The molecule has 0 aliphatic carbocycles. The minimum Gasteiger partial charge on any atom is -0.493 e. The van der Waals surface area contributed by atoms with Gasteiger partial charge in [0.25, 0.3) is 0 Å². The van der Waals surface area contributed by atoms with Gasteiger partial charge in [-0.2, -0.15) is 0 Å². The van der Waals surface area contributed by atoms with Crippen LogP contribution in [0, 0.1) is 0 Å². The Labute approximate surface area is 100 Å². The molecule has 1 aromatic carbocycles. The van der Waals surface area contributed by atoms with E-state index < -0.39 is 0 Å². The highest BCUT2D eigenvalue weighted by molar-refractivity contribution is 5.96. The Hall–Kier alpha value is -1.75. The fourth-order valence-electron chi connectivity index (χ4n) is 1.98. The van der Waals surface area contributed by atoms with Gasteiger partial charge in [-0.15, -0.1) is 0 Å². The Morgan fingerprint density at radius 1 is 1.29 bits per heavy atom. The summed E-state index contributed by atoms with van der Waals surface area (Å²) in [5.74, 6) is 1.30. The van der Waals surface area contributed by atoms with Crippen LogP contribution < -0.4 is 20.1 Å². The number of amides is 1. The zero-order chi connectivity index (χ0) is 12.4. The van der Waals surface area contributed by atoms with Crippen LogP contribution in [0.1, 0.15) is 6.42 Å². The van der Waals surface area contributed by atoms with Gasteiger partial charge >= 0.3 is 0 Å². The molecule has 0 bridgehead atoms. The number of nitrogens with zero attached hydrogens (tertiary/aromatic N) is 1. The molecule has 1 amide bonds. The van der Waals surface area contributed by atoms with E-state index in [9.17, 15) is 4.79 Å². The van der Waals surface area contributed by atoms with Gasteiger partial charge < -0.3 is 20.1 Å². The quantitative estimate of drug-likeness (QED) is 0.841. The van der Waals surface area contributed by atoms with Crippen LogP contribution in [0.5, 0.6) is 11.5 Å². The molecule has 1 aliphatic rings. The van der Waals surface area contributed by atoms with Gasteiger partial charge in [0.05, 0.1) is 14.2 Å². The van der Waals surface area contributed by atoms with E-state index in [1.165, 1.54) is 0 Å². The SMILES string of the molecule is COc1ccc(N2C[C@@H](N)CC2=O)cc1OC. The van der Waals surface area contributed by atoms with Crippen LogP contribution in [0.4, 0.5) is 5.69 Å². The minimum atomic E-state index is -0.0874. The number of rotatable bonds is 3. The number of methoxy groups -OCH3 is 2. The number of hydrogen-bond donors (Lipinski definition) is 1. The maximum absolute atomic E-state index is 11.7. The second-order valence-corrected chi connectivity index (χ2v) is 4.01. The van der Waals surface area contributed by atoms with E-state index >= 15 is 0 Å². The summed E-state index contributed by atoms with van der Waals surface area (Å²) in [5.41, 5.74) is 6.55. The van der Waals surface area contributed by atoms with E-state index in [4.69, 9.17) is 15.2 Å². The lowest BCUT2D eigenvalue weighted by molar-refractivity contribution is -0.117. The molecule has 0 saturated carbocycles. The van der Waals surface area contributed by atoms with Gasteiger partial charge in [0.15, 0.2) is 11.5 Å². The predicted molar refractivity (Wildman–Crippen MR) is 64.5 cm³/mol. The minimum absolute atomic E-state index is 0.0460. The molecule has 1 fully saturated rings. The molecule has 2 N–H and O–H groups in total. The molecule has 17 heavy (non-hydrogen) atoms. The molecule has 1 aliphatic heterocycles. The lowest BCUT2D eigenvalue weighted by atomic mass is 10.2. The Morgan fingerprint density at radius 2 is 2.00 bits per heavy atom. The number of benzene rings is 1. The molecule has 0 unspecified atom stereocenters. The Balaban J connectivity index is 2.30. The summed E-state index contributed by atoms with van der Waals surface area (Å²) in [6, 6.07) is 5.31. The Morgan fingerprint density at radius 3 is 2.53 bits per heavy atom. The molecule has 1 aromatic rings. The summed E-state index contributed by atoms with van der Waals surface area (Å²) in [5, 5.41) is 0. The Bertz CT molecular complexity index is 434. The molecule has 5 heteroatoms. The first-order valence-corrected chi connectivity index (χ1v) is 5.43. The van der Waals surface area contributed by atoms with Gasteiger partial charge in [-0.3, -0.25) is 4.79 Å². The van der Waals surface area contributed by atoms with Crippen molar-refractivity contribution in [2.45, 2.75) is 12.5 Å². The van der Waals surface area contributed by atoms with Gasteiger partial charge in [0.1, 0.15) is 0 Å². The van der Waals surface area contributed by atoms with E-state index in [-0.39, 0.29) is 11.9 Å². The van der Waals surface area contributed by atoms with Crippen molar-refractivity contribution in [3.63, 3.8) is 0 Å². The fraction of sp³-hybridized carbons (Fsp3) is 0.417. The van der Waals surface area contributed by atoms with Crippen molar-refractivity contribution < 1.29 is 14.3 Å². The molecule has 0 aromatic heterocycles. The number of carbonyl (C=O) groups excluding carboxylic acids is 1. The van der Waals surface area contributed by atoms with Crippen molar-refractivity contribution in [3.05, 3.63) is 18.2 Å². The van der Waals surface area contributed by atoms with Crippen molar-refractivity contribution in [1.29, 1.82) is 0 Å². The standard InChI is InChI=1S/C12H16N2O3/c1-16-10-4-3-9(6-11(10)17-2)14-7-8(13)5-12(14)15/h3-4,6,8H,5,7,13H2,1-2H3/t8-/m0/s1. The van der Waals surface area contributed by atoms with Crippen LogP contribution in [0.3, 0.4) is 0 Å². The van der Waals surface area contributed by atoms with Crippen molar-refractivity contribution in [2.24, 2.45) is 5.73 Å². The lowest BCUT2D eigenvalue weighted by Crippen LogP contribution is -2.27. The molecule has 1 saturated heterocycles. The van der Waals surface area contributed by atoms with E-state index in [0.29, 0.717) is 24.5 Å². The highest BCUT2D eigenvalue weighted by Gasteiger charge is 2.28. The van der Waals surface area contributed by atoms with Crippen LogP contribution in [0.15, 0.2) is 18.2 Å². The van der Waals surface area contributed by atoms with E-state index in [2.05, 4.69) is 0 Å². The molecular formula is C12H16N2O3. The molecule has 92 valence electrons. The van der Waals surface area contributed by atoms with Crippen LogP contribution in [-0.2, 0) is 4.79 Å². The summed E-state index contributed by atoms with van der Waals surface area (Å²) >= 11 is 0. The molecule has 1 heterocycles.